The predicted octanol–water partition coefficient (Wildman–Crippen LogP) is 4.25. The molecule has 0 N–H and O–H groups in total. The van der Waals surface area contributed by atoms with Crippen LogP contribution in [0.5, 0.6) is 0 Å². The van der Waals surface area contributed by atoms with Gasteiger partial charge in [0.2, 0.25) is 11.8 Å². The molecule has 176 valence electrons. The lowest BCUT2D eigenvalue weighted by molar-refractivity contribution is -0.133. The van der Waals surface area contributed by atoms with E-state index < -0.39 is 0 Å². The van der Waals surface area contributed by atoms with Gasteiger partial charge in [-0.25, -0.2) is 0 Å². The van der Waals surface area contributed by atoms with E-state index in [9.17, 15) is 9.59 Å². The molecule has 2 atom stereocenters. The quantitative estimate of drug-likeness (QED) is 0.702. The maximum atomic E-state index is 13.3. The van der Waals surface area contributed by atoms with E-state index in [4.69, 9.17) is 0 Å². The minimum Gasteiger partial charge on any atom is -0.337 e. The lowest BCUT2D eigenvalue weighted by Gasteiger charge is -2.34. The van der Waals surface area contributed by atoms with Crippen molar-refractivity contribution in [1.29, 1.82) is 0 Å². The Balaban J connectivity index is 1.70. The molecular formula is C27H36N4O2. The van der Waals surface area contributed by atoms with Crippen molar-refractivity contribution in [3.63, 3.8) is 0 Å². The third-order valence-corrected chi connectivity index (χ3v) is 6.96. The second-order valence-electron chi connectivity index (χ2n) is 9.87. The Morgan fingerprint density at radius 3 is 2.48 bits per heavy atom. The number of carbonyl (C=O) groups excluding carboxylic acids is 2. The van der Waals surface area contributed by atoms with Crippen molar-refractivity contribution in [2.75, 3.05) is 18.0 Å². The molecule has 0 aliphatic carbocycles. The van der Waals surface area contributed by atoms with Gasteiger partial charge in [0, 0.05) is 69.7 Å². The van der Waals surface area contributed by atoms with Crippen molar-refractivity contribution >= 4 is 17.5 Å². The Hall–Kier alpha value is -2.73. The number of amides is 2. The number of carbonyl (C=O) groups is 2. The van der Waals surface area contributed by atoms with Gasteiger partial charge in [-0.3, -0.25) is 19.5 Å². The number of anilines is 1. The number of para-hydroxylation sites is 1. The summed E-state index contributed by atoms with van der Waals surface area (Å²) in [5, 5.41) is 0. The molecule has 0 radical (unpaired) electrons. The summed E-state index contributed by atoms with van der Waals surface area (Å²) in [5.41, 5.74) is 3.22. The first-order chi connectivity index (χ1) is 15.9. The molecule has 2 aliphatic heterocycles. The average molecular weight is 449 g/mol. The lowest BCUT2D eigenvalue weighted by atomic mass is 10.1. The van der Waals surface area contributed by atoms with Crippen molar-refractivity contribution < 1.29 is 9.59 Å². The molecule has 1 fully saturated rings. The summed E-state index contributed by atoms with van der Waals surface area (Å²) in [7, 11) is 0. The molecular weight excluding hydrogens is 412 g/mol. The van der Waals surface area contributed by atoms with Crippen LogP contribution in [0, 0.1) is 5.92 Å². The first-order valence-corrected chi connectivity index (χ1v) is 12.2. The molecule has 2 aliphatic rings. The van der Waals surface area contributed by atoms with Crippen molar-refractivity contribution in [3.8, 4) is 0 Å². The fourth-order valence-corrected chi connectivity index (χ4v) is 5.30. The molecule has 2 aromatic rings. The molecule has 1 aromatic heterocycles. The normalized spacial score (nSPS) is 21.6. The zero-order valence-electron chi connectivity index (χ0n) is 20.1. The second-order valence-corrected chi connectivity index (χ2v) is 9.87. The molecule has 2 amide bonds. The molecule has 6 nitrogen and oxygen atoms in total. The van der Waals surface area contributed by atoms with E-state index in [2.05, 4.69) is 41.9 Å². The highest BCUT2D eigenvalue weighted by molar-refractivity contribution is 5.92. The fourth-order valence-electron chi connectivity index (χ4n) is 5.30. The van der Waals surface area contributed by atoms with E-state index in [0.29, 0.717) is 37.5 Å². The largest absolute Gasteiger partial charge is 0.337 e. The van der Waals surface area contributed by atoms with Gasteiger partial charge in [-0.05, 0) is 54.5 Å². The Bertz CT molecular complexity index is 962. The number of rotatable bonds is 4. The minimum atomic E-state index is 0.0528. The summed E-state index contributed by atoms with van der Waals surface area (Å²) in [4.78, 5) is 36.7. The number of hydrogen-bond acceptors (Lipinski definition) is 4. The highest BCUT2D eigenvalue weighted by atomic mass is 16.2. The van der Waals surface area contributed by atoms with Crippen molar-refractivity contribution in [1.82, 2.24) is 14.8 Å². The number of nitrogens with zero attached hydrogens (tertiary/aromatic N) is 4. The third kappa shape index (κ3) is 5.61. The minimum absolute atomic E-state index is 0.0528. The average Bonchev–Trinajstić information content (AvgIpc) is 3.14. The molecule has 0 spiro atoms. The van der Waals surface area contributed by atoms with E-state index in [-0.39, 0.29) is 11.8 Å². The van der Waals surface area contributed by atoms with Gasteiger partial charge < -0.3 is 9.80 Å². The molecule has 6 heteroatoms. The van der Waals surface area contributed by atoms with E-state index in [0.717, 1.165) is 43.6 Å². The van der Waals surface area contributed by atoms with Crippen molar-refractivity contribution in [2.24, 2.45) is 5.92 Å². The van der Waals surface area contributed by atoms with Gasteiger partial charge in [0.05, 0.1) is 0 Å². The van der Waals surface area contributed by atoms with Gasteiger partial charge in [0.15, 0.2) is 0 Å². The fraction of sp³-hybridized carbons (Fsp3) is 0.519. The molecule has 33 heavy (non-hydrogen) atoms. The van der Waals surface area contributed by atoms with Gasteiger partial charge >= 0.3 is 0 Å². The van der Waals surface area contributed by atoms with Crippen LogP contribution < -0.4 is 4.90 Å². The number of benzene rings is 1. The van der Waals surface area contributed by atoms with Gasteiger partial charge in [-0.1, -0.05) is 32.0 Å². The number of hydrogen-bond donors (Lipinski definition) is 0. The number of fused-ring (bicyclic) bond motifs is 3. The van der Waals surface area contributed by atoms with Crippen molar-refractivity contribution in [2.45, 2.75) is 71.6 Å². The summed E-state index contributed by atoms with van der Waals surface area (Å²) >= 11 is 0. The first kappa shape index (κ1) is 23.4. The Kier molecular flexibility index (Phi) is 7.43. The van der Waals surface area contributed by atoms with E-state index >= 15 is 0 Å². The van der Waals surface area contributed by atoms with Gasteiger partial charge in [-0.2, -0.15) is 0 Å². The maximum Gasteiger partial charge on any atom is 0.223 e. The SMILES string of the molecule is CC(=O)N1CCC2CCC(CN(C(=O)CC(C)C)Cc3ccccc31)N2Cc1ccncc1. The molecule has 0 saturated carbocycles. The monoisotopic (exact) mass is 448 g/mol. The van der Waals surface area contributed by atoms with Crippen molar-refractivity contribution in [3.05, 3.63) is 59.9 Å². The van der Waals surface area contributed by atoms with Crippen LogP contribution in [0.15, 0.2) is 48.8 Å². The Morgan fingerprint density at radius 1 is 1.03 bits per heavy atom. The van der Waals surface area contributed by atoms with Crippen LogP contribution in [-0.2, 0) is 22.7 Å². The molecule has 4 rings (SSSR count). The Morgan fingerprint density at radius 2 is 1.76 bits per heavy atom. The molecule has 1 saturated heterocycles. The smallest absolute Gasteiger partial charge is 0.223 e. The number of aromatic nitrogens is 1. The van der Waals surface area contributed by atoms with E-state index in [1.807, 2.05) is 40.4 Å². The van der Waals surface area contributed by atoms with E-state index in [1.165, 1.54) is 5.56 Å². The van der Waals surface area contributed by atoms with Crippen LogP contribution >= 0.6 is 0 Å². The van der Waals surface area contributed by atoms with Gasteiger partial charge in [0.1, 0.15) is 0 Å². The molecule has 1 aromatic carbocycles. The van der Waals surface area contributed by atoms with Crippen LogP contribution in [-0.4, -0.2) is 51.8 Å². The zero-order valence-corrected chi connectivity index (χ0v) is 20.1. The lowest BCUT2D eigenvalue weighted by Crippen LogP contribution is -2.45. The van der Waals surface area contributed by atoms with Crippen LogP contribution in [0.25, 0.3) is 0 Å². The van der Waals surface area contributed by atoms with Crippen LogP contribution in [0.3, 0.4) is 0 Å². The molecule has 2 unspecified atom stereocenters. The summed E-state index contributed by atoms with van der Waals surface area (Å²) in [6, 6.07) is 12.9. The summed E-state index contributed by atoms with van der Waals surface area (Å²) in [5.74, 6) is 0.557. The zero-order chi connectivity index (χ0) is 23.4. The molecule has 2 bridgehead atoms. The Labute approximate surface area is 197 Å². The van der Waals surface area contributed by atoms with Gasteiger partial charge in [0.25, 0.3) is 0 Å². The van der Waals surface area contributed by atoms with Crippen LogP contribution in [0.4, 0.5) is 5.69 Å². The number of pyridine rings is 1. The topological polar surface area (TPSA) is 56.8 Å². The van der Waals surface area contributed by atoms with E-state index in [1.54, 1.807) is 6.92 Å². The highest BCUT2D eigenvalue weighted by Gasteiger charge is 2.36. The summed E-state index contributed by atoms with van der Waals surface area (Å²) < 4.78 is 0. The maximum absolute atomic E-state index is 13.3. The standard InChI is InChI=1S/C27H36N4O2/c1-20(2)16-27(33)29-18-23-6-4-5-7-26(23)30(21(3)32)15-12-24-8-9-25(19-29)31(24)17-22-10-13-28-14-11-22/h4-7,10-11,13-14,20,24-25H,8-9,12,15-19H2,1-3H3. The first-order valence-electron chi connectivity index (χ1n) is 12.2. The predicted molar refractivity (Wildman–Crippen MR) is 131 cm³/mol. The summed E-state index contributed by atoms with van der Waals surface area (Å²) in [6.45, 7) is 8.63. The third-order valence-electron chi connectivity index (χ3n) is 6.96. The highest BCUT2D eigenvalue weighted by Crippen LogP contribution is 2.32. The molecule has 3 heterocycles. The summed E-state index contributed by atoms with van der Waals surface area (Å²) in [6.07, 6.45) is 7.32. The second kappa shape index (κ2) is 10.5. The van der Waals surface area contributed by atoms with Crippen LogP contribution in [0.2, 0.25) is 0 Å². The van der Waals surface area contributed by atoms with Gasteiger partial charge in [-0.15, -0.1) is 0 Å². The van der Waals surface area contributed by atoms with Crippen LogP contribution in [0.1, 0.15) is 57.6 Å².